The number of amides is 2. The van der Waals surface area contributed by atoms with Crippen LogP contribution in [0.3, 0.4) is 0 Å². The van der Waals surface area contributed by atoms with Crippen molar-refractivity contribution < 1.29 is 14.7 Å². The standard InChI is InChI=1S/C18H26N2O3/c1-13(2)10-16(21)20-15-7-5-6-14(11-15)12-19-17(22)18(23)8-3-4-9-18/h5-7,11,13,23H,3-4,8-10,12H2,1-2H3,(H,19,22)(H,20,21). The Morgan fingerprint density at radius 2 is 1.96 bits per heavy atom. The molecule has 1 fully saturated rings. The Balaban J connectivity index is 1.90. The highest BCUT2D eigenvalue weighted by molar-refractivity contribution is 5.91. The third kappa shape index (κ3) is 5.06. The Bertz CT molecular complexity index is 563. The Morgan fingerprint density at radius 1 is 1.26 bits per heavy atom. The van der Waals surface area contributed by atoms with Crippen LogP contribution in [-0.2, 0) is 16.1 Å². The maximum absolute atomic E-state index is 12.1. The minimum absolute atomic E-state index is 0.0125. The number of rotatable bonds is 6. The second-order valence-corrected chi connectivity index (χ2v) is 6.77. The number of carbonyl (C=O) groups excluding carboxylic acids is 2. The molecule has 1 aliphatic carbocycles. The summed E-state index contributed by atoms with van der Waals surface area (Å²) in [7, 11) is 0. The fourth-order valence-electron chi connectivity index (χ4n) is 2.88. The van der Waals surface area contributed by atoms with Crippen molar-refractivity contribution in [1.29, 1.82) is 0 Å². The first-order chi connectivity index (χ1) is 10.9. The molecule has 0 aliphatic heterocycles. The quantitative estimate of drug-likeness (QED) is 0.754. The summed E-state index contributed by atoms with van der Waals surface area (Å²) in [5, 5.41) is 15.9. The first kappa shape index (κ1) is 17.5. The van der Waals surface area contributed by atoms with E-state index in [1.54, 1.807) is 0 Å². The molecule has 0 aromatic heterocycles. The van der Waals surface area contributed by atoms with Crippen molar-refractivity contribution in [2.75, 3.05) is 5.32 Å². The minimum atomic E-state index is -1.21. The molecule has 0 radical (unpaired) electrons. The molecule has 2 rings (SSSR count). The summed E-state index contributed by atoms with van der Waals surface area (Å²) in [6, 6.07) is 7.40. The molecule has 23 heavy (non-hydrogen) atoms. The number of hydrogen-bond donors (Lipinski definition) is 3. The Labute approximate surface area is 137 Å². The van der Waals surface area contributed by atoms with E-state index >= 15 is 0 Å². The van der Waals surface area contributed by atoms with E-state index in [0.29, 0.717) is 31.7 Å². The fourth-order valence-corrected chi connectivity index (χ4v) is 2.88. The molecule has 0 spiro atoms. The van der Waals surface area contributed by atoms with Crippen LogP contribution >= 0.6 is 0 Å². The van der Waals surface area contributed by atoms with Gasteiger partial charge in [-0.25, -0.2) is 0 Å². The van der Waals surface area contributed by atoms with Crippen LogP contribution < -0.4 is 10.6 Å². The van der Waals surface area contributed by atoms with Crippen LogP contribution in [-0.4, -0.2) is 22.5 Å². The van der Waals surface area contributed by atoms with Crippen LogP contribution in [0, 0.1) is 5.92 Å². The average Bonchev–Trinajstić information content (AvgIpc) is 2.92. The second kappa shape index (κ2) is 7.59. The lowest BCUT2D eigenvalue weighted by Gasteiger charge is -2.21. The van der Waals surface area contributed by atoms with E-state index in [4.69, 9.17) is 0 Å². The van der Waals surface area contributed by atoms with E-state index in [9.17, 15) is 14.7 Å². The molecule has 0 unspecified atom stereocenters. The number of nitrogens with one attached hydrogen (secondary N) is 2. The van der Waals surface area contributed by atoms with Crippen molar-refractivity contribution >= 4 is 17.5 Å². The van der Waals surface area contributed by atoms with Crippen molar-refractivity contribution in [3.8, 4) is 0 Å². The van der Waals surface area contributed by atoms with Crippen LogP contribution in [0.25, 0.3) is 0 Å². The largest absolute Gasteiger partial charge is 0.380 e. The normalized spacial score (nSPS) is 16.3. The molecule has 0 atom stereocenters. The lowest BCUT2D eigenvalue weighted by atomic mass is 10.0. The Morgan fingerprint density at radius 3 is 2.61 bits per heavy atom. The molecule has 0 heterocycles. The molecule has 126 valence electrons. The lowest BCUT2D eigenvalue weighted by molar-refractivity contribution is -0.139. The van der Waals surface area contributed by atoms with E-state index in [1.165, 1.54) is 0 Å². The van der Waals surface area contributed by atoms with Crippen LogP contribution in [0.2, 0.25) is 0 Å². The van der Waals surface area contributed by atoms with Gasteiger partial charge in [-0.3, -0.25) is 9.59 Å². The number of carbonyl (C=O) groups is 2. The maximum atomic E-state index is 12.1. The molecule has 1 aromatic carbocycles. The number of anilines is 1. The molecule has 1 aromatic rings. The minimum Gasteiger partial charge on any atom is -0.380 e. The monoisotopic (exact) mass is 318 g/mol. The number of benzene rings is 1. The topological polar surface area (TPSA) is 78.4 Å². The SMILES string of the molecule is CC(C)CC(=O)Nc1cccc(CNC(=O)C2(O)CCCC2)c1. The molecule has 5 heteroatoms. The van der Waals surface area contributed by atoms with E-state index in [-0.39, 0.29) is 11.8 Å². The number of aliphatic hydroxyl groups is 1. The predicted molar refractivity (Wildman–Crippen MR) is 89.8 cm³/mol. The van der Waals surface area contributed by atoms with Gasteiger partial charge in [-0.15, -0.1) is 0 Å². The summed E-state index contributed by atoms with van der Waals surface area (Å²) < 4.78 is 0. The second-order valence-electron chi connectivity index (χ2n) is 6.77. The lowest BCUT2D eigenvalue weighted by Crippen LogP contribution is -2.44. The molecule has 2 amide bonds. The molecule has 1 aliphatic rings. The van der Waals surface area contributed by atoms with E-state index in [0.717, 1.165) is 24.1 Å². The van der Waals surface area contributed by atoms with Gasteiger partial charge >= 0.3 is 0 Å². The zero-order chi connectivity index (χ0) is 16.9. The van der Waals surface area contributed by atoms with Gasteiger partial charge in [0.25, 0.3) is 5.91 Å². The summed E-state index contributed by atoms with van der Waals surface area (Å²) in [6.45, 7) is 4.34. The number of hydrogen-bond acceptors (Lipinski definition) is 3. The van der Waals surface area contributed by atoms with Gasteiger partial charge in [0.15, 0.2) is 0 Å². The summed E-state index contributed by atoms with van der Waals surface area (Å²) in [5.74, 6) is -0.00433. The molecular formula is C18H26N2O3. The van der Waals surface area contributed by atoms with E-state index < -0.39 is 5.60 Å². The molecular weight excluding hydrogens is 292 g/mol. The zero-order valence-corrected chi connectivity index (χ0v) is 13.9. The van der Waals surface area contributed by atoms with Crippen LogP contribution in [0.5, 0.6) is 0 Å². The average molecular weight is 318 g/mol. The van der Waals surface area contributed by atoms with E-state index in [2.05, 4.69) is 10.6 Å². The van der Waals surface area contributed by atoms with Gasteiger partial charge in [-0.1, -0.05) is 26.0 Å². The third-order valence-corrected chi connectivity index (χ3v) is 4.11. The van der Waals surface area contributed by atoms with Gasteiger partial charge in [0.05, 0.1) is 0 Å². The summed E-state index contributed by atoms with van der Waals surface area (Å²) in [4.78, 5) is 23.9. The third-order valence-electron chi connectivity index (χ3n) is 4.11. The first-order valence-corrected chi connectivity index (χ1v) is 8.28. The fraction of sp³-hybridized carbons (Fsp3) is 0.556. The maximum Gasteiger partial charge on any atom is 0.252 e. The zero-order valence-electron chi connectivity index (χ0n) is 13.9. The summed E-state index contributed by atoms with van der Waals surface area (Å²) in [5.41, 5.74) is 0.410. The van der Waals surface area contributed by atoms with Crippen molar-refractivity contribution in [3.63, 3.8) is 0 Å². The molecule has 5 nitrogen and oxygen atoms in total. The molecule has 1 saturated carbocycles. The smallest absolute Gasteiger partial charge is 0.252 e. The van der Waals surface area contributed by atoms with Gasteiger partial charge in [-0.05, 0) is 49.3 Å². The van der Waals surface area contributed by atoms with Gasteiger partial charge in [0.1, 0.15) is 5.60 Å². The summed E-state index contributed by atoms with van der Waals surface area (Å²) >= 11 is 0. The molecule has 3 N–H and O–H groups in total. The van der Waals surface area contributed by atoms with Crippen LogP contribution in [0.15, 0.2) is 24.3 Å². The summed E-state index contributed by atoms with van der Waals surface area (Å²) in [6.07, 6.45) is 3.32. The van der Waals surface area contributed by atoms with Gasteiger partial charge in [0.2, 0.25) is 5.91 Å². The van der Waals surface area contributed by atoms with Crippen molar-refractivity contribution in [2.45, 2.75) is 58.1 Å². The van der Waals surface area contributed by atoms with Crippen LogP contribution in [0.4, 0.5) is 5.69 Å². The van der Waals surface area contributed by atoms with Gasteiger partial charge in [-0.2, -0.15) is 0 Å². The highest BCUT2D eigenvalue weighted by atomic mass is 16.3. The first-order valence-electron chi connectivity index (χ1n) is 8.28. The van der Waals surface area contributed by atoms with Crippen molar-refractivity contribution in [3.05, 3.63) is 29.8 Å². The Kier molecular flexibility index (Phi) is 5.77. The molecule has 0 bridgehead atoms. The predicted octanol–water partition coefficient (Wildman–Crippen LogP) is 2.59. The van der Waals surface area contributed by atoms with Crippen molar-refractivity contribution in [2.24, 2.45) is 5.92 Å². The molecule has 0 saturated heterocycles. The highest BCUT2D eigenvalue weighted by Gasteiger charge is 2.38. The van der Waals surface area contributed by atoms with Gasteiger partial charge < -0.3 is 15.7 Å². The van der Waals surface area contributed by atoms with Gasteiger partial charge in [0, 0.05) is 18.7 Å². The van der Waals surface area contributed by atoms with Crippen molar-refractivity contribution in [1.82, 2.24) is 5.32 Å². The van der Waals surface area contributed by atoms with E-state index in [1.807, 2.05) is 38.1 Å². The Hall–Kier alpha value is -1.88. The van der Waals surface area contributed by atoms with Crippen LogP contribution in [0.1, 0.15) is 51.5 Å². The highest BCUT2D eigenvalue weighted by Crippen LogP contribution is 2.29.